The maximum absolute atomic E-state index is 12.6. The van der Waals surface area contributed by atoms with E-state index in [0.717, 1.165) is 38.3 Å². The van der Waals surface area contributed by atoms with E-state index >= 15 is 0 Å². The normalized spacial score (nSPS) is 31.0. The summed E-state index contributed by atoms with van der Waals surface area (Å²) in [6, 6.07) is 0.464. The molecule has 1 aliphatic carbocycles. The van der Waals surface area contributed by atoms with E-state index in [9.17, 15) is 4.79 Å². The van der Waals surface area contributed by atoms with Crippen molar-refractivity contribution in [1.29, 1.82) is 0 Å². The lowest BCUT2D eigenvalue weighted by Gasteiger charge is -2.34. The Morgan fingerprint density at radius 1 is 1.10 bits per heavy atom. The first-order valence-corrected chi connectivity index (χ1v) is 8.19. The van der Waals surface area contributed by atoms with Crippen LogP contribution < -0.4 is 5.32 Å². The van der Waals surface area contributed by atoms with Gasteiger partial charge in [0.25, 0.3) is 0 Å². The predicted octanol–water partition coefficient (Wildman–Crippen LogP) is 3.23. The van der Waals surface area contributed by atoms with Crippen molar-refractivity contribution < 1.29 is 4.79 Å². The molecule has 0 aromatic heterocycles. The Morgan fingerprint density at radius 3 is 2.45 bits per heavy atom. The highest BCUT2D eigenvalue weighted by molar-refractivity contribution is 5.85. The zero-order valence-electron chi connectivity index (χ0n) is 13.1. The first-order valence-electron chi connectivity index (χ1n) is 8.19. The monoisotopic (exact) mass is 302 g/mol. The van der Waals surface area contributed by atoms with Crippen LogP contribution in [-0.4, -0.2) is 37.0 Å². The Kier molecular flexibility index (Phi) is 7.90. The first-order chi connectivity index (χ1) is 9.22. The highest BCUT2D eigenvalue weighted by atomic mass is 35.5. The number of nitrogens with one attached hydrogen (secondary N) is 1. The van der Waals surface area contributed by atoms with Crippen molar-refractivity contribution in [2.75, 3.05) is 20.1 Å². The standard InChI is InChI=1S/C16H30N2O.ClH/c1-3-13-6-8-14(9-7-13)16(19)18(2)15-5-4-11-17-12-10-15;/h13-15,17H,3-12H2,1-2H3;1H. The van der Waals surface area contributed by atoms with Gasteiger partial charge in [0, 0.05) is 19.0 Å². The van der Waals surface area contributed by atoms with Gasteiger partial charge in [-0.05, 0) is 64.0 Å². The molecule has 4 heteroatoms. The summed E-state index contributed by atoms with van der Waals surface area (Å²) in [5, 5.41) is 3.43. The number of carbonyl (C=O) groups excluding carboxylic acids is 1. The lowest BCUT2D eigenvalue weighted by Crippen LogP contribution is -2.42. The van der Waals surface area contributed by atoms with E-state index in [0.29, 0.717) is 17.9 Å². The fourth-order valence-electron chi connectivity index (χ4n) is 3.67. The minimum atomic E-state index is 0. The average molecular weight is 303 g/mol. The molecule has 1 saturated carbocycles. The Hall–Kier alpha value is -0.280. The summed E-state index contributed by atoms with van der Waals surface area (Å²) in [5.41, 5.74) is 0. The number of amides is 1. The fraction of sp³-hybridized carbons (Fsp3) is 0.938. The lowest BCUT2D eigenvalue weighted by atomic mass is 9.80. The Bertz CT molecular complexity index is 282. The third-order valence-electron chi connectivity index (χ3n) is 5.21. The van der Waals surface area contributed by atoms with E-state index < -0.39 is 0 Å². The molecule has 3 nitrogen and oxygen atoms in total. The van der Waals surface area contributed by atoms with Gasteiger partial charge in [-0.1, -0.05) is 13.3 Å². The number of halogens is 1. The molecule has 0 bridgehead atoms. The smallest absolute Gasteiger partial charge is 0.225 e. The molecule has 0 aromatic rings. The topological polar surface area (TPSA) is 32.3 Å². The van der Waals surface area contributed by atoms with E-state index in [1.807, 2.05) is 7.05 Å². The minimum absolute atomic E-state index is 0. The highest BCUT2D eigenvalue weighted by Crippen LogP contribution is 2.32. The fourth-order valence-corrected chi connectivity index (χ4v) is 3.67. The zero-order valence-corrected chi connectivity index (χ0v) is 13.9. The summed E-state index contributed by atoms with van der Waals surface area (Å²) < 4.78 is 0. The van der Waals surface area contributed by atoms with Crippen LogP contribution in [0.5, 0.6) is 0 Å². The second-order valence-electron chi connectivity index (χ2n) is 6.41. The van der Waals surface area contributed by atoms with Gasteiger partial charge in [0.2, 0.25) is 5.91 Å². The van der Waals surface area contributed by atoms with Gasteiger partial charge in [-0.3, -0.25) is 4.79 Å². The van der Waals surface area contributed by atoms with Gasteiger partial charge in [0.1, 0.15) is 0 Å². The van der Waals surface area contributed by atoms with Crippen LogP contribution in [0.25, 0.3) is 0 Å². The van der Waals surface area contributed by atoms with Crippen molar-refractivity contribution in [1.82, 2.24) is 10.2 Å². The molecule has 1 saturated heterocycles. The number of carbonyl (C=O) groups is 1. The van der Waals surface area contributed by atoms with E-state index in [-0.39, 0.29) is 12.4 Å². The second kappa shape index (κ2) is 8.89. The molecule has 1 atom stereocenters. The number of hydrogen-bond donors (Lipinski definition) is 1. The molecule has 20 heavy (non-hydrogen) atoms. The SMILES string of the molecule is CCC1CCC(C(=O)N(C)C2CCCNCC2)CC1.Cl. The highest BCUT2D eigenvalue weighted by Gasteiger charge is 2.30. The molecule has 0 aromatic carbocycles. The molecular formula is C16H31ClN2O. The van der Waals surface area contributed by atoms with Gasteiger partial charge in [-0.2, -0.15) is 0 Å². The number of rotatable bonds is 3. The van der Waals surface area contributed by atoms with Crippen LogP contribution in [0.3, 0.4) is 0 Å². The molecule has 2 fully saturated rings. The van der Waals surface area contributed by atoms with Gasteiger partial charge in [-0.25, -0.2) is 0 Å². The third-order valence-corrected chi connectivity index (χ3v) is 5.21. The largest absolute Gasteiger partial charge is 0.342 e. The van der Waals surface area contributed by atoms with E-state index in [1.54, 1.807) is 0 Å². The number of nitrogens with zero attached hydrogens (tertiary/aromatic N) is 1. The summed E-state index contributed by atoms with van der Waals surface area (Å²) in [5.74, 6) is 1.60. The molecule has 1 amide bonds. The van der Waals surface area contributed by atoms with Crippen LogP contribution in [0.15, 0.2) is 0 Å². The van der Waals surface area contributed by atoms with E-state index in [1.165, 1.54) is 32.1 Å². The van der Waals surface area contributed by atoms with E-state index in [4.69, 9.17) is 0 Å². The molecule has 1 N–H and O–H groups in total. The van der Waals surface area contributed by atoms with Crippen molar-refractivity contribution in [2.45, 2.75) is 64.3 Å². The van der Waals surface area contributed by atoms with Crippen LogP contribution in [0.1, 0.15) is 58.3 Å². The molecule has 2 rings (SSSR count). The Morgan fingerprint density at radius 2 is 1.80 bits per heavy atom. The van der Waals surface area contributed by atoms with Crippen LogP contribution in [0.2, 0.25) is 0 Å². The second-order valence-corrected chi connectivity index (χ2v) is 6.41. The molecule has 1 aliphatic heterocycles. The summed E-state index contributed by atoms with van der Waals surface area (Å²) in [6.07, 6.45) is 9.52. The van der Waals surface area contributed by atoms with Crippen molar-refractivity contribution in [3.63, 3.8) is 0 Å². The van der Waals surface area contributed by atoms with Crippen LogP contribution in [-0.2, 0) is 4.79 Å². The van der Waals surface area contributed by atoms with Crippen molar-refractivity contribution in [3.05, 3.63) is 0 Å². The predicted molar refractivity (Wildman–Crippen MR) is 86.3 cm³/mol. The summed E-state index contributed by atoms with van der Waals surface area (Å²) in [6.45, 7) is 4.45. The molecular weight excluding hydrogens is 272 g/mol. The molecule has 0 spiro atoms. The molecule has 1 unspecified atom stereocenters. The van der Waals surface area contributed by atoms with Crippen molar-refractivity contribution in [2.24, 2.45) is 11.8 Å². The van der Waals surface area contributed by atoms with Crippen LogP contribution in [0, 0.1) is 11.8 Å². The van der Waals surface area contributed by atoms with Gasteiger partial charge in [0.15, 0.2) is 0 Å². The maximum atomic E-state index is 12.6. The Balaban J connectivity index is 0.00000200. The summed E-state index contributed by atoms with van der Waals surface area (Å²) >= 11 is 0. The molecule has 1 heterocycles. The Labute approximate surface area is 130 Å². The molecule has 0 radical (unpaired) electrons. The average Bonchev–Trinajstić information content (AvgIpc) is 2.75. The third kappa shape index (κ3) is 4.63. The summed E-state index contributed by atoms with van der Waals surface area (Å²) in [7, 11) is 2.03. The molecule has 118 valence electrons. The zero-order chi connectivity index (χ0) is 13.7. The summed E-state index contributed by atoms with van der Waals surface area (Å²) in [4.78, 5) is 14.7. The van der Waals surface area contributed by atoms with Gasteiger partial charge in [-0.15, -0.1) is 12.4 Å². The first kappa shape index (κ1) is 17.8. The van der Waals surface area contributed by atoms with Crippen molar-refractivity contribution in [3.8, 4) is 0 Å². The van der Waals surface area contributed by atoms with E-state index in [2.05, 4.69) is 17.1 Å². The van der Waals surface area contributed by atoms with Gasteiger partial charge < -0.3 is 10.2 Å². The maximum Gasteiger partial charge on any atom is 0.225 e. The van der Waals surface area contributed by atoms with Crippen LogP contribution >= 0.6 is 12.4 Å². The molecule has 2 aliphatic rings. The van der Waals surface area contributed by atoms with Crippen LogP contribution in [0.4, 0.5) is 0 Å². The van der Waals surface area contributed by atoms with Gasteiger partial charge in [0.05, 0.1) is 0 Å². The van der Waals surface area contributed by atoms with Crippen molar-refractivity contribution >= 4 is 18.3 Å². The van der Waals surface area contributed by atoms with Gasteiger partial charge >= 0.3 is 0 Å². The number of hydrogen-bond acceptors (Lipinski definition) is 2. The lowest BCUT2D eigenvalue weighted by molar-refractivity contribution is -0.137. The quantitative estimate of drug-likeness (QED) is 0.868. The minimum Gasteiger partial charge on any atom is -0.342 e.